The van der Waals surface area contributed by atoms with Gasteiger partial charge in [0.05, 0.1) is 19.2 Å². The van der Waals surface area contributed by atoms with E-state index in [1.54, 1.807) is 7.11 Å². The van der Waals surface area contributed by atoms with E-state index in [9.17, 15) is 4.79 Å². The summed E-state index contributed by atoms with van der Waals surface area (Å²) in [6.07, 6.45) is 3.46. The van der Waals surface area contributed by atoms with Crippen molar-refractivity contribution >= 4 is 17.4 Å². The van der Waals surface area contributed by atoms with Crippen molar-refractivity contribution in [3.8, 4) is 5.75 Å². The molecule has 2 N–H and O–H groups in total. The Morgan fingerprint density at radius 1 is 0.969 bits per heavy atom. The SMILES string of the molecule is COc1ccc(N2CCN(CCCCc3ccc(C(CCC(=O)O)=NO)cc3)CC2)cc1. The minimum absolute atomic E-state index is 0.0461. The Balaban J connectivity index is 1.35. The Morgan fingerprint density at radius 2 is 1.66 bits per heavy atom. The minimum atomic E-state index is -0.898. The predicted molar refractivity (Wildman–Crippen MR) is 126 cm³/mol. The maximum atomic E-state index is 10.7. The van der Waals surface area contributed by atoms with Crippen LogP contribution in [0.3, 0.4) is 0 Å². The van der Waals surface area contributed by atoms with Crippen LogP contribution in [0.2, 0.25) is 0 Å². The smallest absolute Gasteiger partial charge is 0.303 e. The first kappa shape index (κ1) is 23.6. The van der Waals surface area contributed by atoms with E-state index < -0.39 is 5.97 Å². The highest BCUT2D eigenvalue weighted by molar-refractivity contribution is 6.01. The molecule has 2 aromatic rings. The number of rotatable bonds is 11. The molecule has 2 aromatic carbocycles. The predicted octanol–water partition coefficient (Wildman–Crippen LogP) is 3.88. The molecule has 3 rings (SSSR count). The van der Waals surface area contributed by atoms with E-state index in [4.69, 9.17) is 15.1 Å². The maximum absolute atomic E-state index is 10.7. The van der Waals surface area contributed by atoms with Gasteiger partial charge in [-0.1, -0.05) is 29.4 Å². The lowest BCUT2D eigenvalue weighted by molar-refractivity contribution is -0.136. The third kappa shape index (κ3) is 6.99. The summed E-state index contributed by atoms with van der Waals surface area (Å²) in [6.45, 7) is 5.38. The van der Waals surface area contributed by atoms with E-state index in [0.717, 1.165) is 63.3 Å². The van der Waals surface area contributed by atoms with Gasteiger partial charge in [-0.15, -0.1) is 0 Å². The highest BCUT2D eigenvalue weighted by atomic mass is 16.5. The van der Waals surface area contributed by atoms with Gasteiger partial charge in [-0.05, 0) is 61.2 Å². The molecule has 7 nitrogen and oxygen atoms in total. The van der Waals surface area contributed by atoms with Gasteiger partial charge in [0.1, 0.15) is 5.75 Å². The summed E-state index contributed by atoms with van der Waals surface area (Å²) in [5, 5.41) is 21.2. The van der Waals surface area contributed by atoms with Gasteiger partial charge in [0.15, 0.2) is 0 Å². The van der Waals surface area contributed by atoms with Crippen molar-refractivity contribution in [2.75, 3.05) is 44.7 Å². The van der Waals surface area contributed by atoms with Crippen molar-refractivity contribution < 1.29 is 19.8 Å². The van der Waals surface area contributed by atoms with Crippen LogP contribution in [0, 0.1) is 0 Å². The summed E-state index contributed by atoms with van der Waals surface area (Å²) in [6, 6.07) is 16.2. The average molecular weight is 440 g/mol. The van der Waals surface area contributed by atoms with Gasteiger partial charge in [-0.2, -0.15) is 0 Å². The van der Waals surface area contributed by atoms with Crippen molar-refractivity contribution in [2.24, 2.45) is 5.16 Å². The Labute approximate surface area is 189 Å². The van der Waals surface area contributed by atoms with Crippen molar-refractivity contribution in [2.45, 2.75) is 32.1 Å². The number of anilines is 1. The fourth-order valence-electron chi connectivity index (χ4n) is 4.03. The van der Waals surface area contributed by atoms with Crippen LogP contribution in [0.15, 0.2) is 53.7 Å². The first-order valence-electron chi connectivity index (χ1n) is 11.2. The Kier molecular flexibility index (Phi) is 8.92. The van der Waals surface area contributed by atoms with Gasteiger partial charge >= 0.3 is 5.97 Å². The standard InChI is InChI=1S/C25H33N3O4/c1-32-23-11-9-22(10-12-23)28-18-16-27(17-19-28)15-3-2-4-20-5-7-21(8-6-20)24(26-31)13-14-25(29)30/h5-12,31H,2-4,13-19H2,1H3,(H,29,30). The van der Waals surface area contributed by atoms with Crippen molar-refractivity contribution in [3.05, 3.63) is 59.7 Å². The molecule has 0 saturated carbocycles. The second-order valence-corrected chi connectivity index (χ2v) is 8.12. The first-order chi connectivity index (χ1) is 15.6. The first-order valence-corrected chi connectivity index (χ1v) is 11.2. The van der Waals surface area contributed by atoms with Crippen LogP contribution in [0.5, 0.6) is 5.75 Å². The molecule has 0 bridgehead atoms. The van der Waals surface area contributed by atoms with Gasteiger partial charge < -0.3 is 20.0 Å². The van der Waals surface area contributed by atoms with Gasteiger partial charge in [0, 0.05) is 38.3 Å². The molecule has 0 unspecified atom stereocenters. The summed E-state index contributed by atoms with van der Waals surface area (Å²) in [4.78, 5) is 15.7. The van der Waals surface area contributed by atoms with Gasteiger partial charge in [-0.25, -0.2) is 0 Å². The van der Waals surface area contributed by atoms with Crippen LogP contribution >= 0.6 is 0 Å². The Morgan fingerprint density at radius 3 is 2.25 bits per heavy atom. The van der Waals surface area contributed by atoms with E-state index in [-0.39, 0.29) is 12.8 Å². The Hall–Kier alpha value is -3.06. The minimum Gasteiger partial charge on any atom is -0.497 e. The van der Waals surface area contributed by atoms with Crippen LogP contribution < -0.4 is 9.64 Å². The number of unbranched alkanes of at least 4 members (excludes halogenated alkanes) is 1. The van der Waals surface area contributed by atoms with E-state index in [1.807, 2.05) is 36.4 Å². The van der Waals surface area contributed by atoms with Crippen LogP contribution in [0.4, 0.5) is 5.69 Å². The van der Waals surface area contributed by atoms with Crippen LogP contribution in [0.1, 0.15) is 36.8 Å². The molecule has 1 heterocycles. The average Bonchev–Trinajstić information content (AvgIpc) is 2.83. The molecular formula is C25H33N3O4. The number of piperazine rings is 1. The highest BCUT2D eigenvalue weighted by Gasteiger charge is 2.16. The molecule has 1 aliphatic rings. The number of aliphatic carboxylic acids is 1. The normalized spacial score (nSPS) is 15.0. The molecule has 1 saturated heterocycles. The number of carboxylic acid groups (broad SMARTS) is 1. The molecule has 0 spiro atoms. The molecule has 172 valence electrons. The molecule has 0 aliphatic carbocycles. The zero-order chi connectivity index (χ0) is 22.8. The summed E-state index contributed by atoms with van der Waals surface area (Å²) >= 11 is 0. The lowest BCUT2D eigenvalue weighted by Gasteiger charge is -2.36. The Bertz CT molecular complexity index is 873. The number of methoxy groups -OCH3 is 1. The monoisotopic (exact) mass is 439 g/mol. The molecule has 0 aromatic heterocycles. The number of carboxylic acids is 1. The fraction of sp³-hybridized carbons (Fsp3) is 0.440. The van der Waals surface area contributed by atoms with E-state index >= 15 is 0 Å². The number of oxime groups is 1. The molecule has 0 amide bonds. The molecule has 32 heavy (non-hydrogen) atoms. The van der Waals surface area contributed by atoms with Crippen molar-refractivity contribution in [1.82, 2.24) is 4.90 Å². The van der Waals surface area contributed by atoms with Gasteiger partial charge in [0.2, 0.25) is 0 Å². The molecule has 0 atom stereocenters. The second kappa shape index (κ2) is 12.1. The van der Waals surface area contributed by atoms with Gasteiger partial charge in [0.25, 0.3) is 0 Å². The molecule has 0 radical (unpaired) electrons. The lowest BCUT2D eigenvalue weighted by atomic mass is 10.0. The topological polar surface area (TPSA) is 85.6 Å². The number of ether oxygens (including phenoxy) is 1. The lowest BCUT2D eigenvalue weighted by Crippen LogP contribution is -2.46. The summed E-state index contributed by atoms with van der Waals surface area (Å²) in [5.41, 5.74) is 3.68. The number of benzene rings is 2. The number of aryl methyl sites for hydroxylation is 1. The molecule has 7 heteroatoms. The van der Waals surface area contributed by atoms with Crippen LogP contribution in [0.25, 0.3) is 0 Å². The van der Waals surface area contributed by atoms with E-state index in [2.05, 4.69) is 27.1 Å². The molecular weight excluding hydrogens is 406 g/mol. The van der Waals surface area contributed by atoms with Crippen molar-refractivity contribution in [1.29, 1.82) is 0 Å². The number of carbonyl (C=O) groups is 1. The number of hydrogen-bond acceptors (Lipinski definition) is 6. The molecule has 1 aliphatic heterocycles. The number of nitrogens with zero attached hydrogens (tertiary/aromatic N) is 3. The fourth-order valence-corrected chi connectivity index (χ4v) is 4.03. The largest absolute Gasteiger partial charge is 0.497 e. The van der Waals surface area contributed by atoms with Crippen molar-refractivity contribution in [3.63, 3.8) is 0 Å². The van der Waals surface area contributed by atoms with Crippen LogP contribution in [-0.4, -0.2) is 66.7 Å². The maximum Gasteiger partial charge on any atom is 0.303 e. The van der Waals surface area contributed by atoms with E-state index in [1.165, 1.54) is 11.3 Å². The highest BCUT2D eigenvalue weighted by Crippen LogP contribution is 2.20. The summed E-state index contributed by atoms with van der Waals surface area (Å²) in [7, 11) is 1.69. The summed E-state index contributed by atoms with van der Waals surface area (Å²) < 4.78 is 5.24. The molecule has 1 fully saturated rings. The third-order valence-corrected chi connectivity index (χ3v) is 5.98. The quantitative estimate of drug-likeness (QED) is 0.239. The third-order valence-electron chi connectivity index (χ3n) is 5.98. The number of hydrogen-bond donors (Lipinski definition) is 2. The zero-order valence-corrected chi connectivity index (χ0v) is 18.7. The van der Waals surface area contributed by atoms with Gasteiger partial charge in [-0.3, -0.25) is 9.69 Å². The summed E-state index contributed by atoms with van der Waals surface area (Å²) in [5.74, 6) is -0.00732. The van der Waals surface area contributed by atoms with Crippen LogP contribution in [-0.2, 0) is 11.2 Å². The van der Waals surface area contributed by atoms with E-state index in [0.29, 0.717) is 5.71 Å². The zero-order valence-electron chi connectivity index (χ0n) is 18.7. The second-order valence-electron chi connectivity index (χ2n) is 8.12.